The van der Waals surface area contributed by atoms with Gasteiger partial charge < -0.3 is 10.2 Å². The molecule has 0 radical (unpaired) electrons. The van der Waals surface area contributed by atoms with Gasteiger partial charge in [0.05, 0.1) is 15.2 Å². The summed E-state index contributed by atoms with van der Waals surface area (Å²) < 4.78 is 1.65. The number of hydrogen-bond acceptors (Lipinski definition) is 4. The molecule has 0 saturated heterocycles. The Morgan fingerprint density at radius 1 is 1.09 bits per heavy atom. The van der Waals surface area contributed by atoms with Crippen molar-refractivity contribution in [3.05, 3.63) is 54.9 Å². The van der Waals surface area contributed by atoms with Crippen molar-refractivity contribution in [2.75, 3.05) is 0 Å². The fourth-order valence-corrected chi connectivity index (χ4v) is 3.87. The number of phenols is 2. The Bertz CT molecular complexity index is 746. The van der Waals surface area contributed by atoms with E-state index >= 15 is 0 Å². The van der Waals surface area contributed by atoms with Crippen LogP contribution in [-0.4, -0.2) is 22.3 Å². The Hall–Kier alpha value is -1.38. The van der Waals surface area contributed by atoms with Gasteiger partial charge in [-0.05, 0) is 62.2 Å². The van der Waals surface area contributed by atoms with Crippen LogP contribution < -0.4 is 5.43 Å². The molecule has 0 fully saturated rings. The molecule has 1 amide bonds. The Labute approximate surface area is 151 Å². The second-order valence-electron chi connectivity index (χ2n) is 4.16. The number of hydrogen-bond donors (Lipinski definition) is 3. The van der Waals surface area contributed by atoms with Crippen molar-refractivity contribution in [2.24, 2.45) is 5.10 Å². The number of phenolic OH excluding ortho intramolecular Hbond substituents is 2. The number of nitrogens with one attached hydrogen (secondary N) is 1. The second kappa shape index (κ2) is 7.26. The quantitative estimate of drug-likeness (QED) is 0.445. The summed E-state index contributed by atoms with van der Waals surface area (Å²) in [5.41, 5.74) is 3.31. The number of amides is 1. The number of halogens is 3. The molecule has 0 bridgehead atoms. The minimum absolute atomic E-state index is 0.0366. The number of benzene rings is 2. The van der Waals surface area contributed by atoms with Crippen molar-refractivity contribution < 1.29 is 15.0 Å². The zero-order valence-electron chi connectivity index (χ0n) is 10.8. The van der Waals surface area contributed by atoms with E-state index in [1.54, 1.807) is 6.07 Å². The maximum atomic E-state index is 11.9. The average Bonchev–Trinajstić information content (AvgIpc) is 2.49. The highest BCUT2D eigenvalue weighted by molar-refractivity contribution is 9.11. The molecule has 0 aromatic heterocycles. The molecule has 2 aromatic rings. The first-order valence-corrected chi connectivity index (χ1v) is 8.27. The molecule has 0 aliphatic heterocycles. The van der Waals surface area contributed by atoms with Crippen LogP contribution in [0.1, 0.15) is 15.9 Å². The summed E-state index contributed by atoms with van der Waals surface area (Å²) in [6.07, 6.45) is 1.40. The van der Waals surface area contributed by atoms with E-state index in [9.17, 15) is 15.0 Å². The van der Waals surface area contributed by atoms with E-state index in [-0.39, 0.29) is 11.5 Å². The first-order valence-electron chi connectivity index (χ1n) is 5.89. The van der Waals surface area contributed by atoms with Gasteiger partial charge in [-0.1, -0.05) is 15.9 Å². The third kappa shape index (κ3) is 3.88. The van der Waals surface area contributed by atoms with Crippen LogP contribution in [0.4, 0.5) is 0 Å². The number of aromatic hydroxyl groups is 2. The lowest BCUT2D eigenvalue weighted by molar-refractivity contribution is 0.0955. The number of carbonyl (C=O) groups is 1. The second-order valence-corrected chi connectivity index (χ2v) is 6.66. The molecule has 8 heteroatoms. The van der Waals surface area contributed by atoms with Crippen molar-refractivity contribution in [3.8, 4) is 11.5 Å². The lowest BCUT2D eigenvalue weighted by Gasteiger charge is -2.06. The fraction of sp³-hybridized carbons (Fsp3) is 0. The number of nitrogens with zero attached hydrogens (tertiary/aromatic N) is 1. The summed E-state index contributed by atoms with van der Waals surface area (Å²) in [5, 5.41) is 22.9. The first kappa shape index (κ1) is 17.0. The highest BCUT2D eigenvalue weighted by Gasteiger charge is 2.12. The third-order valence-electron chi connectivity index (χ3n) is 2.67. The van der Waals surface area contributed by atoms with Crippen LogP contribution in [0.15, 0.2) is 48.9 Å². The summed E-state index contributed by atoms with van der Waals surface area (Å²) in [7, 11) is 0. The summed E-state index contributed by atoms with van der Waals surface area (Å²) in [5.74, 6) is -0.294. The predicted octanol–water partition coefficient (Wildman–Crippen LogP) is 4.15. The molecule has 0 aliphatic rings. The number of rotatable bonds is 3. The lowest BCUT2D eigenvalue weighted by Crippen LogP contribution is -2.17. The van der Waals surface area contributed by atoms with Crippen molar-refractivity contribution >= 4 is 59.9 Å². The predicted molar refractivity (Wildman–Crippen MR) is 94.4 cm³/mol. The zero-order valence-corrected chi connectivity index (χ0v) is 15.6. The van der Waals surface area contributed by atoms with Gasteiger partial charge in [-0.3, -0.25) is 4.79 Å². The Morgan fingerprint density at radius 3 is 2.36 bits per heavy atom. The van der Waals surface area contributed by atoms with Crippen LogP contribution >= 0.6 is 47.8 Å². The lowest BCUT2D eigenvalue weighted by atomic mass is 10.2. The van der Waals surface area contributed by atoms with E-state index in [2.05, 4.69) is 58.3 Å². The van der Waals surface area contributed by atoms with Gasteiger partial charge in [-0.2, -0.15) is 5.10 Å². The minimum atomic E-state index is -0.412. The zero-order chi connectivity index (χ0) is 16.3. The highest BCUT2D eigenvalue weighted by atomic mass is 79.9. The number of hydrazone groups is 1. The van der Waals surface area contributed by atoms with E-state index in [0.717, 1.165) is 0 Å². The molecule has 22 heavy (non-hydrogen) atoms. The van der Waals surface area contributed by atoms with Crippen molar-refractivity contribution in [3.63, 3.8) is 0 Å². The normalized spacial score (nSPS) is 10.9. The van der Waals surface area contributed by atoms with Gasteiger partial charge >= 0.3 is 0 Å². The standard InChI is InChI=1S/C14H9Br3N2O3/c15-10-5-11(16)13(21)12(17)9(10)6-18-19-14(22)7-1-3-8(20)4-2-7/h1-6,20-21H,(H,19,22). The highest BCUT2D eigenvalue weighted by Crippen LogP contribution is 2.38. The van der Waals surface area contributed by atoms with E-state index in [0.29, 0.717) is 24.5 Å². The number of carbonyl (C=O) groups excluding carboxylic acids is 1. The minimum Gasteiger partial charge on any atom is -0.508 e. The van der Waals surface area contributed by atoms with Crippen LogP contribution in [0.3, 0.4) is 0 Å². The molecule has 0 heterocycles. The van der Waals surface area contributed by atoms with Crippen molar-refractivity contribution in [1.82, 2.24) is 5.43 Å². The molecule has 0 aliphatic carbocycles. The first-order chi connectivity index (χ1) is 10.4. The van der Waals surface area contributed by atoms with Crippen LogP contribution in [0.25, 0.3) is 0 Å². The van der Waals surface area contributed by atoms with E-state index in [1.807, 2.05) is 0 Å². The van der Waals surface area contributed by atoms with Crippen LogP contribution in [0.5, 0.6) is 11.5 Å². The summed E-state index contributed by atoms with van der Waals surface area (Å²) in [6, 6.07) is 7.47. The van der Waals surface area contributed by atoms with Crippen LogP contribution in [0, 0.1) is 0 Å². The van der Waals surface area contributed by atoms with Gasteiger partial charge in [0.2, 0.25) is 0 Å². The topological polar surface area (TPSA) is 81.9 Å². The summed E-state index contributed by atoms with van der Waals surface area (Å²) in [6.45, 7) is 0. The largest absolute Gasteiger partial charge is 0.508 e. The molecular weight excluding hydrogens is 484 g/mol. The van der Waals surface area contributed by atoms with Gasteiger partial charge in [-0.25, -0.2) is 5.43 Å². The Kier molecular flexibility index (Phi) is 5.60. The molecule has 2 aromatic carbocycles. The Balaban J connectivity index is 2.15. The van der Waals surface area contributed by atoms with Gasteiger partial charge in [0.15, 0.2) is 0 Å². The molecule has 0 saturated carbocycles. The Morgan fingerprint density at radius 2 is 1.73 bits per heavy atom. The van der Waals surface area contributed by atoms with E-state index < -0.39 is 5.91 Å². The fourth-order valence-electron chi connectivity index (χ4n) is 1.55. The van der Waals surface area contributed by atoms with E-state index in [4.69, 9.17) is 0 Å². The SMILES string of the molecule is O=C(NN=Cc1c(Br)cc(Br)c(O)c1Br)c1ccc(O)cc1. The maximum absolute atomic E-state index is 11.9. The average molecular weight is 493 g/mol. The monoisotopic (exact) mass is 490 g/mol. The van der Waals surface area contributed by atoms with Crippen molar-refractivity contribution in [2.45, 2.75) is 0 Å². The van der Waals surface area contributed by atoms with Gasteiger partial charge in [0, 0.05) is 15.6 Å². The molecule has 2 rings (SSSR count). The molecule has 0 spiro atoms. The summed E-state index contributed by atoms with van der Waals surface area (Å²) in [4.78, 5) is 11.9. The van der Waals surface area contributed by atoms with E-state index in [1.165, 1.54) is 30.5 Å². The van der Waals surface area contributed by atoms with Gasteiger partial charge in [-0.15, -0.1) is 0 Å². The maximum Gasteiger partial charge on any atom is 0.271 e. The molecular formula is C14H9Br3N2O3. The van der Waals surface area contributed by atoms with Crippen molar-refractivity contribution in [1.29, 1.82) is 0 Å². The van der Waals surface area contributed by atoms with Crippen LogP contribution in [0.2, 0.25) is 0 Å². The molecule has 114 valence electrons. The third-order valence-corrected chi connectivity index (χ3v) is 4.73. The van der Waals surface area contributed by atoms with Crippen LogP contribution in [-0.2, 0) is 0 Å². The molecule has 0 atom stereocenters. The molecule has 0 unspecified atom stereocenters. The smallest absolute Gasteiger partial charge is 0.271 e. The molecule has 5 nitrogen and oxygen atoms in total. The van der Waals surface area contributed by atoms with Gasteiger partial charge in [0.1, 0.15) is 11.5 Å². The van der Waals surface area contributed by atoms with Gasteiger partial charge in [0.25, 0.3) is 5.91 Å². The summed E-state index contributed by atoms with van der Waals surface area (Å²) >= 11 is 9.82. The molecule has 3 N–H and O–H groups in total.